The van der Waals surface area contributed by atoms with Crippen molar-refractivity contribution in [1.82, 2.24) is 15.2 Å². The minimum Gasteiger partial charge on any atom is -0.475 e. The molecule has 1 aromatic rings. The van der Waals surface area contributed by atoms with Crippen molar-refractivity contribution in [3.8, 4) is 0 Å². The van der Waals surface area contributed by atoms with E-state index in [1.807, 2.05) is 11.8 Å². The maximum absolute atomic E-state index is 13.0. The maximum atomic E-state index is 13.0. The number of amides is 1. The number of aryl methyl sites for hydroxylation is 1. The highest BCUT2D eigenvalue weighted by Gasteiger charge is 2.43. The number of nitrogens with one attached hydrogen (secondary N) is 1. The van der Waals surface area contributed by atoms with Gasteiger partial charge in [0, 0.05) is 32.1 Å². The Balaban J connectivity index is 0.000000383. The van der Waals surface area contributed by atoms with E-state index in [4.69, 9.17) is 14.6 Å². The number of fused-ring (bicyclic) bond motifs is 2. The second-order valence-corrected chi connectivity index (χ2v) is 9.36. The lowest BCUT2D eigenvalue weighted by Crippen LogP contribution is -2.51. The summed E-state index contributed by atoms with van der Waals surface area (Å²) >= 11 is 1.37. The van der Waals surface area contributed by atoms with E-state index in [9.17, 15) is 22.8 Å². The molecular formula is C20H27F3N4O5S. The highest BCUT2D eigenvalue weighted by molar-refractivity contribution is 7.17. The molecule has 0 aromatic carbocycles. The molecule has 1 saturated carbocycles. The molecule has 13 heteroatoms. The number of hydrogen-bond donors (Lipinski definition) is 2. The number of methoxy groups -OCH3 is 1. The zero-order chi connectivity index (χ0) is 24.3. The summed E-state index contributed by atoms with van der Waals surface area (Å²) in [6.45, 7) is 6.87. The number of carboxylic acids is 1. The molecule has 33 heavy (non-hydrogen) atoms. The Morgan fingerprint density at radius 2 is 1.79 bits per heavy atom. The topological polar surface area (TPSA) is 112 Å². The summed E-state index contributed by atoms with van der Waals surface area (Å²) in [5.74, 6) is -1.35. The smallest absolute Gasteiger partial charge is 0.475 e. The Kier molecular flexibility index (Phi) is 7.83. The van der Waals surface area contributed by atoms with Crippen LogP contribution in [0.25, 0.3) is 0 Å². The van der Waals surface area contributed by atoms with Crippen molar-refractivity contribution >= 4 is 34.3 Å². The molecule has 0 radical (unpaired) electrons. The van der Waals surface area contributed by atoms with Gasteiger partial charge >= 0.3 is 18.1 Å². The van der Waals surface area contributed by atoms with Crippen molar-refractivity contribution in [3.05, 3.63) is 10.6 Å². The summed E-state index contributed by atoms with van der Waals surface area (Å²) < 4.78 is 36.5. The molecule has 1 aromatic heterocycles. The number of carboxylic acid groups (broad SMARTS) is 1. The van der Waals surface area contributed by atoms with Crippen molar-refractivity contribution in [2.45, 2.75) is 25.9 Å². The molecule has 2 aliphatic heterocycles. The number of esters is 1. The molecule has 3 unspecified atom stereocenters. The summed E-state index contributed by atoms with van der Waals surface area (Å²) in [6.07, 6.45) is -2.83. The fourth-order valence-corrected chi connectivity index (χ4v) is 5.60. The highest BCUT2D eigenvalue weighted by atomic mass is 32.1. The van der Waals surface area contributed by atoms with Crippen LogP contribution in [0.5, 0.6) is 0 Å². The van der Waals surface area contributed by atoms with Gasteiger partial charge in [-0.2, -0.15) is 13.2 Å². The van der Waals surface area contributed by atoms with Gasteiger partial charge in [-0.25, -0.2) is 14.6 Å². The van der Waals surface area contributed by atoms with Gasteiger partial charge in [-0.3, -0.25) is 4.79 Å². The number of ether oxygens (including phenoxy) is 1. The van der Waals surface area contributed by atoms with E-state index in [1.165, 1.54) is 24.9 Å². The van der Waals surface area contributed by atoms with Crippen molar-refractivity contribution in [2.24, 2.45) is 17.8 Å². The number of hydrogen-bond acceptors (Lipinski definition) is 8. The molecule has 1 amide bonds. The Morgan fingerprint density at radius 3 is 2.33 bits per heavy atom. The van der Waals surface area contributed by atoms with Crippen molar-refractivity contribution in [1.29, 1.82) is 0 Å². The maximum Gasteiger partial charge on any atom is 0.490 e. The number of anilines is 1. The molecule has 184 valence electrons. The van der Waals surface area contributed by atoms with Crippen LogP contribution in [0.1, 0.15) is 28.2 Å². The molecule has 3 atom stereocenters. The largest absolute Gasteiger partial charge is 0.490 e. The van der Waals surface area contributed by atoms with E-state index in [2.05, 4.69) is 15.2 Å². The summed E-state index contributed by atoms with van der Waals surface area (Å²) in [5.41, 5.74) is 0.709. The standard InChI is InChI=1S/C18H26N4O3S.C2HF3O2/c1-11-15(17(24)25-2)26-18(20-11)22-5-3-21(4-6-22)16(23)14-8-12-7-13(14)10-19-9-12;3-2(4,5)1(6)7/h12-14,19H,3-10H2,1-2H3;(H,6,7). The lowest BCUT2D eigenvalue weighted by Gasteiger charge is -2.36. The van der Waals surface area contributed by atoms with Crippen molar-refractivity contribution < 1.29 is 37.4 Å². The van der Waals surface area contributed by atoms with Gasteiger partial charge in [-0.1, -0.05) is 11.3 Å². The van der Waals surface area contributed by atoms with Crippen LogP contribution in [0, 0.1) is 24.7 Å². The predicted molar refractivity (Wildman–Crippen MR) is 113 cm³/mol. The zero-order valence-electron chi connectivity index (χ0n) is 18.4. The van der Waals surface area contributed by atoms with E-state index in [0.29, 0.717) is 28.3 Å². The van der Waals surface area contributed by atoms with E-state index < -0.39 is 12.1 Å². The van der Waals surface area contributed by atoms with Gasteiger partial charge in [0.2, 0.25) is 5.91 Å². The Bertz CT molecular complexity index is 886. The summed E-state index contributed by atoms with van der Waals surface area (Å²) in [4.78, 5) is 42.9. The quantitative estimate of drug-likeness (QED) is 0.614. The number of piperazine rings is 1. The minimum atomic E-state index is -5.08. The number of thiazole rings is 1. The normalized spacial score (nSPS) is 24.7. The van der Waals surface area contributed by atoms with E-state index in [0.717, 1.165) is 50.8 Å². The molecule has 2 saturated heterocycles. The third-order valence-electron chi connectivity index (χ3n) is 6.21. The van der Waals surface area contributed by atoms with Crippen molar-refractivity contribution in [2.75, 3.05) is 51.3 Å². The first kappa shape index (κ1) is 25.2. The van der Waals surface area contributed by atoms with Crippen LogP contribution in [0.4, 0.5) is 18.3 Å². The molecule has 0 spiro atoms. The molecule has 3 heterocycles. The molecule has 2 N–H and O–H groups in total. The predicted octanol–water partition coefficient (Wildman–Crippen LogP) is 1.77. The van der Waals surface area contributed by atoms with Crippen LogP contribution in [0.15, 0.2) is 0 Å². The number of halogens is 3. The van der Waals surface area contributed by atoms with E-state index in [1.54, 1.807) is 0 Å². The first-order valence-corrected chi connectivity index (χ1v) is 11.4. The van der Waals surface area contributed by atoms with Crippen molar-refractivity contribution in [3.63, 3.8) is 0 Å². The van der Waals surface area contributed by atoms with Crippen LogP contribution in [-0.2, 0) is 14.3 Å². The number of carbonyl (C=O) groups is 3. The lowest BCUT2D eigenvalue weighted by atomic mass is 9.94. The number of aliphatic carboxylic acids is 1. The minimum absolute atomic E-state index is 0.203. The SMILES string of the molecule is COC(=O)c1sc(N2CCN(C(=O)C3CC4CNCC3C4)CC2)nc1C.O=C(O)C(F)(F)F. The van der Waals surface area contributed by atoms with Gasteiger partial charge in [0.25, 0.3) is 0 Å². The summed E-state index contributed by atoms with van der Waals surface area (Å²) in [5, 5.41) is 11.4. The first-order chi connectivity index (χ1) is 15.5. The Labute approximate surface area is 192 Å². The number of rotatable bonds is 3. The Morgan fingerprint density at radius 1 is 1.15 bits per heavy atom. The number of alkyl halides is 3. The third-order valence-corrected chi connectivity index (χ3v) is 7.41. The van der Waals surface area contributed by atoms with Gasteiger partial charge in [0.1, 0.15) is 4.88 Å². The summed E-state index contributed by atoms with van der Waals surface area (Å²) in [7, 11) is 1.39. The molecule has 9 nitrogen and oxygen atoms in total. The van der Waals surface area contributed by atoms with Crippen LogP contribution in [-0.4, -0.2) is 85.4 Å². The number of carbonyl (C=O) groups excluding carboxylic acids is 2. The zero-order valence-corrected chi connectivity index (χ0v) is 19.2. The average Bonchev–Trinajstić information content (AvgIpc) is 3.31. The summed E-state index contributed by atoms with van der Waals surface area (Å²) in [6, 6.07) is 0. The number of aromatic nitrogens is 1. The van der Waals surface area contributed by atoms with Crippen LogP contribution < -0.4 is 10.2 Å². The number of piperidine rings is 1. The second-order valence-electron chi connectivity index (χ2n) is 8.38. The third kappa shape index (κ3) is 5.94. The molecule has 4 rings (SSSR count). The Hall–Kier alpha value is -2.41. The lowest BCUT2D eigenvalue weighted by molar-refractivity contribution is -0.192. The van der Waals surface area contributed by atoms with Gasteiger partial charge < -0.3 is 25.0 Å². The molecule has 2 bridgehead atoms. The highest BCUT2D eigenvalue weighted by Crippen LogP contribution is 2.39. The van der Waals surface area contributed by atoms with Crippen LogP contribution in [0.2, 0.25) is 0 Å². The fourth-order valence-electron chi connectivity index (χ4n) is 4.56. The van der Waals surface area contributed by atoms with Gasteiger partial charge in [0.05, 0.1) is 12.8 Å². The molecule has 1 aliphatic carbocycles. The first-order valence-electron chi connectivity index (χ1n) is 10.6. The monoisotopic (exact) mass is 492 g/mol. The molecule has 3 aliphatic rings. The van der Waals surface area contributed by atoms with E-state index in [-0.39, 0.29) is 11.9 Å². The van der Waals surface area contributed by atoms with Crippen LogP contribution in [0.3, 0.4) is 0 Å². The van der Waals surface area contributed by atoms with Gasteiger partial charge in [-0.15, -0.1) is 0 Å². The number of nitrogens with zero attached hydrogens (tertiary/aromatic N) is 3. The average molecular weight is 493 g/mol. The molecular weight excluding hydrogens is 465 g/mol. The fraction of sp³-hybridized carbons (Fsp3) is 0.700. The van der Waals surface area contributed by atoms with E-state index >= 15 is 0 Å². The van der Waals surface area contributed by atoms with Gasteiger partial charge in [-0.05, 0) is 44.7 Å². The molecule has 3 fully saturated rings. The van der Waals surface area contributed by atoms with Crippen LogP contribution >= 0.6 is 11.3 Å². The second kappa shape index (κ2) is 10.2. The van der Waals surface area contributed by atoms with Gasteiger partial charge in [0.15, 0.2) is 5.13 Å².